The number of nitrogens with zero attached hydrogens (tertiary/aromatic N) is 2. The highest BCUT2D eigenvalue weighted by atomic mass is 19.1. The number of carbonyl (C=O) groups is 2. The highest BCUT2D eigenvalue weighted by molar-refractivity contribution is 5.90. The zero-order valence-corrected chi connectivity index (χ0v) is 16.3. The summed E-state index contributed by atoms with van der Waals surface area (Å²) in [6, 6.07) is 2.35. The minimum absolute atomic E-state index is 0.0422. The van der Waals surface area contributed by atoms with Crippen LogP contribution in [0.4, 0.5) is 25.0 Å². The zero-order chi connectivity index (χ0) is 20.5. The molecule has 0 aromatic heterocycles. The number of benzene rings is 1. The first kappa shape index (κ1) is 19.9. The molecule has 0 unspecified atom stereocenters. The van der Waals surface area contributed by atoms with E-state index in [4.69, 9.17) is 9.47 Å². The van der Waals surface area contributed by atoms with Crippen molar-refractivity contribution in [3.05, 3.63) is 23.8 Å². The maximum absolute atomic E-state index is 14.8. The first-order chi connectivity index (χ1) is 13.9. The summed E-state index contributed by atoms with van der Waals surface area (Å²) in [6.07, 6.45) is 0.526. The van der Waals surface area contributed by atoms with E-state index in [0.29, 0.717) is 24.9 Å². The van der Waals surface area contributed by atoms with Crippen molar-refractivity contribution in [1.82, 2.24) is 5.32 Å². The summed E-state index contributed by atoms with van der Waals surface area (Å²) in [5.41, 5.74) is 0.0694. The van der Waals surface area contributed by atoms with E-state index in [-0.39, 0.29) is 30.4 Å². The molecule has 1 aromatic carbocycles. The molecule has 3 aliphatic heterocycles. The van der Waals surface area contributed by atoms with E-state index in [2.05, 4.69) is 5.32 Å². The fourth-order valence-corrected chi connectivity index (χ4v) is 4.23. The molecule has 3 saturated heterocycles. The summed E-state index contributed by atoms with van der Waals surface area (Å²) >= 11 is 0. The summed E-state index contributed by atoms with van der Waals surface area (Å²) in [5.74, 6) is -0.507. The Morgan fingerprint density at radius 2 is 1.83 bits per heavy atom. The molecule has 0 saturated carbocycles. The summed E-state index contributed by atoms with van der Waals surface area (Å²) in [5, 5.41) is 2.57. The minimum atomic E-state index is -0.691. The van der Waals surface area contributed by atoms with Crippen LogP contribution in [0.15, 0.2) is 12.1 Å². The molecule has 0 radical (unpaired) electrons. The van der Waals surface area contributed by atoms with E-state index in [1.807, 2.05) is 0 Å². The van der Waals surface area contributed by atoms with E-state index >= 15 is 0 Å². The normalized spacial score (nSPS) is 23.1. The van der Waals surface area contributed by atoms with Crippen LogP contribution in [0, 0.1) is 23.5 Å². The zero-order valence-electron chi connectivity index (χ0n) is 16.3. The van der Waals surface area contributed by atoms with Crippen LogP contribution in [-0.2, 0) is 14.3 Å². The van der Waals surface area contributed by atoms with Gasteiger partial charge in [-0.2, -0.15) is 0 Å². The summed E-state index contributed by atoms with van der Waals surface area (Å²) < 4.78 is 40.1. The van der Waals surface area contributed by atoms with Gasteiger partial charge in [0.15, 0.2) is 11.6 Å². The van der Waals surface area contributed by atoms with Crippen LogP contribution in [0.25, 0.3) is 0 Å². The average molecular weight is 409 g/mol. The molecule has 1 aromatic rings. The predicted octanol–water partition coefficient (Wildman–Crippen LogP) is 2.29. The van der Waals surface area contributed by atoms with Crippen LogP contribution in [0.2, 0.25) is 0 Å². The molecule has 9 heteroatoms. The monoisotopic (exact) mass is 409 g/mol. The Kier molecular flexibility index (Phi) is 5.58. The Hall–Kier alpha value is -2.42. The number of nitrogens with one attached hydrogen (secondary N) is 1. The summed E-state index contributed by atoms with van der Waals surface area (Å²) in [4.78, 5) is 26.0. The van der Waals surface area contributed by atoms with Crippen molar-refractivity contribution in [2.75, 3.05) is 49.2 Å². The molecule has 0 bridgehead atoms. The van der Waals surface area contributed by atoms with E-state index < -0.39 is 23.8 Å². The van der Waals surface area contributed by atoms with E-state index in [9.17, 15) is 18.4 Å². The Bertz CT molecular complexity index is 771. The van der Waals surface area contributed by atoms with Gasteiger partial charge in [0.1, 0.15) is 11.8 Å². The van der Waals surface area contributed by atoms with Crippen molar-refractivity contribution in [1.29, 1.82) is 0 Å². The van der Waals surface area contributed by atoms with E-state index in [0.717, 1.165) is 26.1 Å². The number of hydrogen-bond donors (Lipinski definition) is 1. The van der Waals surface area contributed by atoms with Gasteiger partial charge in [-0.15, -0.1) is 0 Å². The third-order valence-electron chi connectivity index (χ3n) is 5.95. The number of amides is 2. The highest BCUT2D eigenvalue weighted by Crippen LogP contribution is 2.35. The minimum Gasteiger partial charge on any atom is -0.442 e. The lowest BCUT2D eigenvalue weighted by molar-refractivity contribution is -0.119. The molecule has 3 fully saturated rings. The largest absolute Gasteiger partial charge is 0.442 e. The molecule has 4 rings (SSSR count). The van der Waals surface area contributed by atoms with Gasteiger partial charge in [0.25, 0.3) is 0 Å². The van der Waals surface area contributed by atoms with E-state index in [1.54, 1.807) is 4.90 Å². The van der Waals surface area contributed by atoms with Crippen LogP contribution in [0.3, 0.4) is 0 Å². The fourth-order valence-electron chi connectivity index (χ4n) is 4.23. The Morgan fingerprint density at radius 1 is 1.17 bits per heavy atom. The second-order valence-corrected chi connectivity index (χ2v) is 7.93. The molecule has 158 valence electrons. The van der Waals surface area contributed by atoms with Gasteiger partial charge in [0.05, 0.1) is 32.0 Å². The Labute approximate surface area is 167 Å². The number of rotatable bonds is 5. The molecule has 2 amide bonds. The van der Waals surface area contributed by atoms with Crippen molar-refractivity contribution >= 4 is 23.4 Å². The topological polar surface area (TPSA) is 71.1 Å². The van der Waals surface area contributed by atoms with Gasteiger partial charge in [-0.25, -0.2) is 13.6 Å². The lowest BCUT2D eigenvalue weighted by atomic mass is 9.83. The lowest BCUT2D eigenvalue weighted by Gasteiger charge is -2.40. The first-order valence-electron chi connectivity index (χ1n) is 9.96. The summed E-state index contributed by atoms with van der Waals surface area (Å²) in [7, 11) is 0. The maximum atomic E-state index is 14.8. The maximum Gasteiger partial charge on any atom is 0.414 e. The summed E-state index contributed by atoms with van der Waals surface area (Å²) in [6.45, 7) is 4.40. The SMILES string of the molecule is CC(=O)NC[C@H]1CN(c2cc(F)c(N3CCC(C4COC4)CC3)c(F)c2)C(=O)O1. The number of carbonyl (C=O) groups excluding carboxylic acids is 2. The fraction of sp³-hybridized carbons (Fsp3) is 0.600. The molecule has 0 spiro atoms. The molecule has 3 heterocycles. The number of hydrogen-bond acceptors (Lipinski definition) is 5. The number of piperidine rings is 1. The van der Waals surface area contributed by atoms with Gasteiger partial charge in [0.2, 0.25) is 5.91 Å². The third-order valence-corrected chi connectivity index (χ3v) is 5.95. The molecule has 7 nitrogen and oxygen atoms in total. The van der Waals surface area contributed by atoms with Crippen molar-refractivity contribution in [3.63, 3.8) is 0 Å². The van der Waals surface area contributed by atoms with Crippen LogP contribution in [-0.4, -0.2) is 57.5 Å². The van der Waals surface area contributed by atoms with Gasteiger partial charge in [-0.3, -0.25) is 9.69 Å². The molecule has 1 N–H and O–H groups in total. The molecular formula is C20H25F2N3O4. The van der Waals surface area contributed by atoms with Crippen LogP contribution in [0.1, 0.15) is 19.8 Å². The Balaban J connectivity index is 1.43. The first-order valence-corrected chi connectivity index (χ1v) is 9.96. The number of ether oxygens (including phenoxy) is 2. The smallest absolute Gasteiger partial charge is 0.414 e. The van der Waals surface area contributed by atoms with Crippen molar-refractivity contribution in [3.8, 4) is 0 Å². The van der Waals surface area contributed by atoms with Crippen molar-refractivity contribution in [2.45, 2.75) is 25.9 Å². The average Bonchev–Trinajstić information content (AvgIpc) is 3.00. The van der Waals surface area contributed by atoms with Crippen molar-refractivity contribution < 1.29 is 27.8 Å². The molecule has 0 aliphatic carbocycles. The van der Waals surface area contributed by atoms with Gasteiger partial charge in [-0.1, -0.05) is 0 Å². The number of halogens is 2. The number of anilines is 2. The number of cyclic esters (lactones) is 1. The molecule has 1 atom stereocenters. The second-order valence-electron chi connectivity index (χ2n) is 7.93. The quantitative estimate of drug-likeness (QED) is 0.808. The van der Waals surface area contributed by atoms with Gasteiger partial charge >= 0.3 is 6.09 Å². The van der Waals surface area contributed by atoms with Gasteiger partial charge in [0, 0.05) is 38.1 Å². The van der Waals surface area contributed by atoms with Crippen LogP contribution >= 0.6 is 0 Å². The van der Waals surface area contributed by atoms with E-state index in [1.165, 1.54) is 24.0 Å². The van der Waals surface area contributed by atoms with Gasteiger partial charge < -0.3 is 19.7 Å². The standard InChI is InChI=1S/C20H25F2N3O4/c1-12(26)23-8-16-9-25(20(27)29-16)15-6-17(21)19(18(22)7-15)24-4-2-13(3-5-24)14-10-28-11-14/h6-7,13-14,16H,2-5,8-11H2,1H3,(H,23,26)/t16-/m0/s1. The second kappa shape index (κ2) is 8.14. The Morgan fingerprint density at radius 3 is 2.38 bits per heavy atom. The van der Waals surface area contributed by atoms with Crippen LogP contribution in [0.5, 0.6) is 0 Å². The molecule has 3 aliphatic rings. The predicted molar refractivity (Wildman–Crippen MR) is 102 cm³/mol. The van der Waals surface area contributed by atoms with Crippen LogP contribution < -0.4 is 15.1 Å². The van der Waals surface area contributed by atoms with Gasteiger partial charge in [-0.05, 0) is 18.8 Å². The lowest BCUT2D eigenvalue weighted by Crippen LogP contribution is -2.42. The third kappa shape index (κ3) is 4.14. The highest BCUT2D eigenvalue weighted by Gasteiger charge is 2.35. The van der Waals surface area contributed by atoms with Crippen molar-refractivity contribution in [2.24, 2.45) is 11.8 Å². The molecular weight excluding hydrogens is 384 g/mol. The molecule has 29 heavy (non-hydrogen) atoms.